The normalized spacial score (nSPS) is 15.7. The predicted octanol–water partition coefficient (Wildman–Crippen LogP) is 4.78. The molecule has 0 saturated carbocycles. The molecule has 2 atom stereocenters. The molecule has 1 aliphatic rings. The van der Waals surface area contributed by atoms with Gasteiger partial charge in [-0.05, 0) is 46.5 Å². The van der Waals surface area contributed by atoms with E-state index < -0.39 is 29.6 Å². The maximum Gasteiger partial charge on any atom is 0.306 e. The Bertz CT molecular complexity index is 744. The summed E-state index contributed by atoms with van der Waals surface area (Å²) in [6.07, 6.45) is 15.3. The van der Waals surface area contributed by atoms with Gasteiger partial charge in [-0.15, -0.1) is 12.4 Å². The summed E-state index contributed by atoms with van der Waals surface area (Å²) in [6, 6.07) is -1.49. The van der Waals surface area contributed by atoms with Crippen molar-refractivity contribution in [2.24, 2.45) is 5.73 Å². The smallest absolute Gasteiger partial charge is 0.306 e. The van der Waals surface area contributed by atoms with Crippen LogP contribution in [0.5, 0.6) is 0 Å². The SMILES string of the molecule is CCCCCCCCCCCCCC(=O)N1CCCC1C(=O)NC(CCC(=O)OC(C)(C)C)C(=O)NCCN.Cl. The van der Waals surface area contributed by atoms with Crippen LogP contribution in [-0.4, -0.2) is 65.9 Å². The summed E-state index contributed by atoms with van der Waals surface area (Å²) in [5, 5.41) is 5.48. The van der Waals surface area contributed by atoms with Crippen molar-refractivity contribution in [1.82, 2.24) is 15.5 Å². The van der Waals surface area contributed by atoms with E-state index in [0.717, 1.165) is 25.7 Å². The van der Waals surface area contributed by atoms with E-state index in [1.165, 1.54) is 51.4 Å². The van der Waals surface area contributed by atoms with Gasteiger partial charge in [0.25, 0.3) is 0 Å². The fourth-order valence-corrected chi connectivity index (χ4v) is 4.93. The second kappa shape index (κ2) is 21.8. The highest BCUT2D eigenvalue weighted by molar-refractivity contribution is 5.92. The van der Waals surface area contributed by atoms with Gasteiger partial charge < -0.3 is 26.0 Å². The third kappa shape index (κ3) is 17.1. The number of carbonyl (C=O) groups excluding carboxylic acids is 4. The first-order chi connectivity index (χ1) is 18.6. The summed E-state index contributed by atoms with van der Waals surface area (Å²) in [7, 11) is 0. The lowest BCUT2D eigenvalue weighted by molar-refractivity contribution is -0.155. The average molecular weight is 589 g/mol. The van der Waals surface area contributed by atoms with E-state index in [2.05, 4.69) is 17.6 Å². The largest absolute Gasteiger partial charge is 0.460 e. The number of hydrogen-bond donors (Lipinski definition) is 3. The Balaban J connectivity index is 0.0000152. The standard InChI is InChI=1S/C30H56N4O5.ClH/c1-5-6-7-8-9-10-11-12-13-14-15-18-26(35)34-23-16-17-25(34)29(38)33-24(28(37)32-22-21-31)19-20-27(36)39-30(2,3)4;/h24-25H,5-23,31H2,1-4H3,(H,32,37)(H,33,38);1H. The van der Waals surface area contributed by atoms with Gasteiger partial charge in [0.1, 0.15) is 17.7 Å². The maximum atomic E-state index is 13.2. The van der Waals surface area contributed by atoms with Crippen LogP contribution in [0.4, 0.5) is 0 Å². The monoisotopic (exact) mass is 588 g/mol. The predicted molar refractivity (Wildman–Crippen MR) is 162 cm³/mol. The number of halogens is 1. The van der Waals surface area contributed by atoms with E-state index in [4.69, 9.17) is 10.5 Å². The van der Waals surface area contributed by atoms with Crippen LogP contribution in [0.1, 0.15) is 130 Å². The van der Waals surface area contributed by atoms with Crippen LogP contribution >= 0.6 is 12.4 Å². The topological polar surface area (TPSA) is 131 Å². The lowest BCUT2D eigenvalue weighted by Crippen LogP contribution is -2.53. The minimum atomic E-state index is -0.902. The number of nitrogens with zero attached hydrogens (tertiary/aromatic N) is 1. The molecule has 10 heteroatoms. The molecule has 1 saturated heterocycles. The summed E-state index contributed by atoms with van der Waals surface area (Å²) < 4.78 is 5.34. The first-order valence-electron chi connectivity index (χ1n) is 15.4. The molecule has 0 spiro atoms. The minimum absolute atomic E-state index is 0. The van der Waals surface area contributed by atoms with E-state index in [0.29, 0.717) is 19.4 Å². The van der Waals surface area contributed by atoms with E-state index in [1.807, 2.05) is 0 Å². The first-order valence-corrected chi connectivity index (χ1v) is 15.4. The van der Waals surface area contributed by atoms with Gasteiger partial charge in [0.15, 0.2) is 0 Å². The number of ether oxygens (including phenoxy) is 1. The highest BCUT2D eigenvalue weighted by Crippen LogP contribution is 2.21. The number of nitrogens with one attached hydrogen (secondary N) is 2. The molecule has 0 aliphatic carbocycles. The summed E-state index contributed by atoms with van der Waals surface area (Å²) in [5.41, 5.74) is 4.87. The van der Waals surface area contributed by atoms with Crippen molar-refractivity contribution in [3.63, 3.8) is 0 Å². The van der Waals surface area contributed by atoms with Gasteiger partial charge in [0.2, 0.25) is 17.7 Å². The Labute approximate surface area is 248 Å². The fraction of sp³-hybridized carbons (Fsp3) is 0.867. The summed E-state index contributed by atoms with van der Waals surface area (Å²) in [6.45, 7) is 8.66. The zero-order valence-electron chi connectivity index (χ0n) is 25.6. The first kappa shape index (κ1) is 38.1. The molecular formula is C30H57ClN4O5. The fourth-order valence-electron chi connectivity index (χ4n) is 4.93. The van der Waals surface area contributed by atoms with Gasteiger partial charge in [-0.2, -0.15) is 0 Å². The van der Waals surface area contributed by atoms with Gasteiger partial charge in [-0.25, -0.2) is 0 Å². The molecule has 0 bridgehead atoms. The van der Waals surface area contributed by atoms with Crippen molar-refractivity contribution in [1.29, 1.82) is 0 Å². The zero-order chi connectivity index (χ0) is 29.1. The number of amides is 3. The molecule has 0 radical (unpaired) electrons. The Hall–Kier alpha value is -1.87. The molecule has 2 unspecified atom stereocenters. The van der Waals surface area contributed by atoms with Gasteiger partial charge in [0, 0.05) is 32.5 Å². The Kier molecular flexibility index (Phi) is 20.8. The number of unbranched alkanes of at least 4 members (excludes halogenated alkanes) is 10. The van der Waals surface area contributed by atoms with Crippen molar-refractivity contribution >= 4 is 36.1 Å². The van der Waals surface area contributed by atoms with Crippen molar-refractivity contribution < 1.29 is 23.9 Å². The number of hydrogen-bond acceptors (Lipinski definition) is 6. The molecule has 1 fully saturated rings. The quantitative estimate of drug-likeness (QED) is 0.138. The maximum absolute atomic E-state index is 13.2. The summed E-state index contributed by atoms with van der Waals surface area (Å²) >= 11 is 0. The molecule has 1 heterocycles. The number of carbonyl (C=O) groups is 4. The number of nitrogens with two attached hydrogens (primary N) is 1. The number of rotatable bonds is 20. The Morgan fingerprint density at radius 1 is 0.925 bits per heavy atom. The molecule has 3 amide bonds. The lowest BCUT2D eigenvalue weighted by Gasteiger charge is -2.27. The molecule has 0 aromatic heterocycles. The Morgan fingerprint density at radius 3 is 2.05 bits per heavy atom. The van der Waals surface area contributed by atoms with Gasteiger partial charge in [-0.1, -0.05) is 71.1 Å². The van der Waals surface area contributed by atoms with Crippen LogP contribution in [-0.2, 0) is 23.9 Å². The molecule has 1 aliphatic heterocycles. The van der Waals surface area contributed by atoms with E-state index >= 15 is 0 Å². The molecule has 0 aromatic carbocycles. The highest BCUT2D eigenvalue weighted by atomic mass is 35.5. The van der Waals surface area contributed by atoms with Gasteiger partial charge in [-0.3, -0.25) is 19.2 Å². The van der Waals surface area contributed by atoms with Crippen LogP contribution < -0.4 is 16.4 Å². The van der Waals surface area contributed by atoms with E-state index in [9.17, 15) is 19.2 Å². The lowest BCUT2D eigenvalue weighted by atomic mass is 10.0. The summed E-state index contributed by atoms with van der Waals surface area (Å²) in [4.78, 5) is 52.6. The molecule has 9 nitrogen and oxygen atoms in total. The molecule has 0 aromatic rings. The van der Waals surface area contributed by atoms with Crippen molar-refractivity contribution in [3.05, 3.63) is 0 Å². The summed E-state index contributed by atoms with van der Waals surface area (Å²) in [5.74, 6) is -1.18. The van der Waals surface area contributed by atoms with Crippen molar-refractivity contribution in [2.75, 3.05) is 19.6 Å². The molecule has 234 valence electrons. The van der Waals surface area contributed by atoms with Crippen LogP contribution in [0.2, 0.25) is 0 Å². The van der Waals surface area contributed by atoms with Crippen LogP contribution in [0.3, 0.4) is 0 Å². The van der Waals surface area contributed by atoms with Crippen LogP contribution in [0.25, 0.3) is 0 Å². The molecule has 1 rings (SSSR count). The minimum Gasteiger partial charge on any atom is -0.460 e. The van der Waals surface area contributed by atoms with Crippen LogP contribution in [0.15, 0.2) is 0 Å². The Morgan fingerprint density at radius 2 is 1.50 bits per heavy atom. The average Bonchev–Trinajstić information content (AvgIpc) is 3.37. The van der Waals surface area contributed by atoms with Crippen molar-refractivity contribution in [3.8, 4) is 0 Å². The van der Waals surface area contributed by atoms with Gasteiger partial charge >= 0.3 is 5.97 Å². The third-order valence-corrected chi connectivity index (χ3v) is 7.00. The highest BCUT2D eigenvalue weighted by Gasteiger charge is 2.35. The van der Waals surface area contributed by atoms with Gasteiger partial charge in [0.05, 0.1) is 0 Å². The van der Waals surface area contributed by atoms with E-state index in [1.54, 1.807) is 25.7 Å². The number of likely N-dealkylation sites (tertiary alicyclic amines) is 1. The third-order valence-electron chi connectivity index (χ3n) is 7.00. The van der Waals surface area contributed by atoms with Crippen LogP contribution in [0, 0.1) is 0 Å². The number of esters is 1. The molecule has 4 N–H and O–H groups in total. The molecular weight excluding hydrogens is 532 g/mol. The van der Waals surface area contributed by atoms with Crippen molar-refractivity contribution in [2.45, 2.75) is 148 Å². The zero-order valence-corrected chi connectivity index (χ0v) is 26.4. The van der Waals surface area contributed by atoms with E-state index in [-0.39, 0.29) is 50.2 Å². The molecule has 40 heavy (non-hydrogen) atoms. The second-order valence-corrected chi connectivity index (χ2v) is 11.8. The second-order valence-electron chi connectivity index (χ2n) is 11.8.